The van der Waals surface area contributed by atoms with Gasteiger partial charge in [0.05, 0.1) is 33.2 Å². The van der Waals surface area contributed by atoms with Crippen LogP contribution < -0.4 is 15.4 Å². The highest BCUT2D eigenvalue weighted by Crippen LogP contribution is 2.55. The SMILES string of the molecule is CC1C(COc2c(Cl)cc(NC(=O)NC(=O)c3ccccc3Cl)cc2Cl)C1(F)F. The van der Waals surface area contributed by atoms with Crippen molar-refractivity contribution in [3.8, 4) is 5.75 Å². The number of hydrogen-bond acceptors (Lipinski definition) is 3. The molecule has 3 rings (SSSR count). The molecular formula is C19H15Cl3F2N2O3. The normalized spacial score (nSPS) is 19.4. The van der Waals surface area contributed by atoms with Gasteiger partial charge in [-0.2, -0.15) is 0 Å². The molecule has 3 amide bonds. The number of rotatable bonds is 5. The van der Waals surface area contributed by atoms with Gasteiger partial charge in [-0.25, -0.2) is 13.6 Å². The van der Waals surface area contributed by atoms with Crippen LogP contribution in [0.1, 0.15) is 17.3 Å². The molecule has 0 heterocycles. The molecule has 154 valence electrons. The van der Waals surface area contributed by atoms with E-state index >= 15 is 0 Å². The maximum Gasteiger partial charge on any atom is 0.326 e. The predicted molar refractivity (Wildman–Crippen MR) is 107 cm³/mol. The van der Waals surface area contributed by atoms with E-state index < -0.39 is 29.7 Å². The summed E-state index contributed by atoms with van der Waals surface area (Å²) in [6.45, 7) is 1.21. The zero-order chi connectivity index (χ0) is 21.3. The van der Waals surface area contributed by atoms with E-state index in [1.54, 1.807) is 12.1 Å². The number of imide groups is 1. The standard InChI is InChI=1S/C19H15Cl3F2N2O3/c1-9-12(19(9,23)24)8-29-16-14(21)6-10(7-15(16)22)25-18(28)26-17(27)11-4-2-3-5-13(11)20/h2-7,9,12H,8H2,1H3,(H2,25,26,27,28). The summed E-state index contributed by atoms with van der Waals surface area (Å²) in [7, 11) is 0. The Kier molecular flexibility index (Phi) is 6.22. The molecule has 5 nitrogen and oxygen atoms in total. The smallest absolute Gasteiger partial charge is 0.326 e. The van der Waals surface area contributed by atoms with Crippen LogP contribution in [0.3, 0.4) is 0 Å². The lowest BCUT2D eigenvalue weighted by Crippen LogP contribution is -2.34. The summed E-state index contributed by atoms with van der Waals surface area (Å²) in [6, 6.07) is 8.07. The Morgan fingerprint density at radius 2 is 1.69 bits per heavy atom. The zero-order valence-corrected chi connectivity index (χ0v) is 17.2. The second kappa shape index (κ2) is 8.34. The molecule has 2 atom stereocenters. The molecule has 1 saturated carbocycles. The Bertz CT molecular complexity index is 948. The van der Waals surface area contributed by atoms with Crippen LogP contribution in [0.4, 0.5) is 19.3 Å². The number of carbonyl (C=O) groups is 2. The quantitative estimate of drug-likeness (QED) is 0.581. The lowest BCUT2D eigenvalue weighted by molar-refractivity contribution is 0.0765. The minimum atomic E-state index is -2.76. The van der Waals surface area contributed by atoms with Crippen molar-refractivity contribution in [1.29, 1.82) is 0 Å². The highest BCUT2D eigenvalue weighted by molar-refractivity contribution is 6.37. The molecule has 2 N–H and O–H groups in total. The van der Waals surface area contributed by atoms with E-state index in [9.17, 15) is 18.4 Å². The van der Waals surface area contributed by atoms with Crippen LogP contribution in [-0.2, 0) is 0 Å². The Balaban J connectivity index is 1.62. The second-order valence-electron chi connectivity index (χ2n) is 6.54. The van der Waals surface area contributed by atoms with Crippen molar-refractivity contribution in [3.63, 3.8) is 0 Å². The number of anilines is 1. The molecule has 0 radical (unpaired) electrons. The Morgan fingerprint density at radius 3 is 2.24 bits per heavy atom. The summed E-state index contributed by atoms with van der Waals surface area (Å²) in [5.74, 6) is -5.06. The van der Waals surface area contributed by atoms with Crippen LogP contribution in [0.2, 0.25) is 15.1 Å². The average Bonchev–Trinajstić information content (AvgIpc) is 3.11. The van der Waals surface area contributed by atoms with Crippen LogP contribution in [-0.4, -0.2) is 24.5 Å². The number of carbonyl (C=O) groups excluding carboxylic acids is 2. The summed E-state index contributed by atoms with van der Waals surface area (Å²) >= 11 is 18.1. The van der Waals surface area contributed by atoms with Crippen molar-refractivity contribution in [2.45, 2.75) is 12.8 Å². The maximum absolute atomic E-state index is 13.3. The van der Waals surface area contributed by atoms with Gasteiger partial charge in [0.2, 0.25) is 0 Å². The first-order valence-electron chi connectivity index (χ1n) is 8.47. The summed E-state index contributed by atoms with van der Waals surface area (Å²) in [5.41, 5.74) is 0.317. The number of halogens is 5. The maximum atomic E-state index is 13.3. The van der Waals surface area contributed by atoms with E-state index in [1.165, 1.54) is 31.2 Å². The fourth-order valence-electron chi connectivity index (χ4n) is 2.74. The Hall–Kier alpha value is -2.09. The third kappa shape index (κ3) is 4.74. The highest BCUT2D eigenvalue weighted by Gasteiger charge is 2.65. The van der Waals surface area contributed by atoms with Gasteiger partial charge in [-0.05, 0) is 24.3 Å². The number of alkyl halides is 2. The average molecular weight is 464 g/mol. The third-order valence-corrected chi connectivity index (χ3v) is 5.50. The molecule has 2 aromatic rings. The lowest BCUT2D eigenvalue weighted by atomic mass is 10.2. The predicted octanol–water partition coefficient (Wildman–Crippen LogP) is 5.89. The van der Waals surface area contributed by atoms with E-state index in [0.29, 0.717) is 0 Å². The van der Waals surface area contributed by atoms with Gasteiger partial charge in [-0.1, -0.05) is 53.9 Å². The first kappa shape index (κ1) is 21.6. The molecule has 1 aliphatic carbocycles. The number of benzene rings is 2. The molecule has 0 bridgehead atoms. The van der Waals surface area contributed by atoms with Gasteiger partial charge in [0.25, 0.3) is 11.8 Å². The van der Waals surface area contributed by atoms with Gasteiger partial charge in [0, 0.05) is 11.6 Å². The van der Waals surface area contributed by atoms with Crippen molar-refractivity contribution < 1.29 is 23.1 Å². The topological polar surface area (TPSA) is 67.4 Å². The molecule has 0 aromatic heterocycles. The van der Waals surface area contributed by atoms with Crippen molar-refractivity contribution in [1.82, 2.24) is 5.32 Å². The first-order valence-corrected chi connectivity index (χ1v) is 9.61. The molecule has 29 heavy (non-hydrogen) atoms. The molecule has 10 heteroatoms. The van der Waals surface area contributed by atoms with Gasteiger partial charge in [0.1, 0.15) is 0 Å². The number of amides is 3. The van der Waals surface area contributed by atoms with Gasteiger partial charge < -0.3 is 10.1 Å². The van der Waals surface area contributed by atoms with E-state index in [4.69, 9.17) is 39.5 Å². The van der Waals surface area contributed by atoms with Crippen molar-refractivity contribution >= 4 is 52.4 Å². The van der Waals surface area contributed by atoms with Crippen molar-refractivity contribution in [2.24, 2.45) is 11.8 Å². The van der Waals surface area contributed by atoms with Crippen LogP contribution >= 0.6 is 34.8 Å². The Labute approximate surface area is 180 Å². The minimum absolute atomic E-state index is 0.0295. The number of ether oxygens (including phenoxy) is 1. The van der Waals surface area contributed by atoms with Gasteiger partial charge in [-0.15, -0.1) is 0 Å². The van der Waals surface area contributed by atoms with E-state index in [2.05, 4.69) is 10.6 Å². The molecular weight excluding hydrogens is 449 g/mol. The molecule has 2 unspecified atom stereocenters. The molecule has 0 saturated heterocycles. The van der Waals surface area contributed by atoms with Crippen LogP contribution in [0.25, 0.3) is 0 Å². The van der Waals surface area contributed by atoms with Gasteiger partial charge in [0.15, 0.2) is 5.75 Å². The monoisotopic (exact) mass is 462 g/mol. The van der Waals surface area contributed by atoms with Gasteiger partial charge >= 0.3 is 6.03 Å². The fourth-order valence-corrected chi connectivity index (χ4v) is 3.55. The first-order chi connectivity index (χ1) is 13.6. The minimum Gasteiger partial charge on any atom is -0.490 e. The Morgan fingerprint density at radius 1 is 1.10 bits per heavy atom. The third-order valence-electron chi connectivity index (χ3n) is 4.60. The lowest BCUT2D eigenvalue weighted by Gasteiger charge is -2.13. The van der Waals surface area contributed by atoms with Crippen molar-refractivity contribution in [2.75, 3.05) is 11.9 Å². The van der Waals surface area contributed by atoms with Gasteiger partial charge in [-0.3, -0.25) is 10.1 Å². The largest absolute Gasteiger partial charge is 0.490 e. The van der Waals surface area contributed by atoms with Crippen LogP contribution in [0, 0.1) is 11.8 Å². The van der Waals surface area contributed by atoms with E-state index in [1.807, 2.05) is 0 Å². The van der Waals surface area contributed by atoms with E-state index in [0.717, 1.165) is 0 Å². The summed E-state index contributed by atoms with van der Waals surface area (Å²) in [4.78, 5) is 24.2. The zero-order valence-electron chi connectivity index (χ0n) is 14.9. The van der Waals surface area contributed by atoms with Crippen LogP contribution in [0.15, 0.2) is 36.4 Å². The number of hydrogen-bond donors (Lipinski definition) is 2. The molecule has 0 spiro atoms. The highest BCUT2D eigenvalue weighted by atomic mass is 35.5. The van der Waals surface area contributed by atoms with Crippen molar-refractivity contribution in [3.05, 3.63) is 57.0 Å². The molecule has 0 aliphatic heterocycles. The number of nitrogens with one attached hydrogen (secondary N) is 2. The molecule has 2 aromatic carbocycles. The summed E-state index contributed by atoms with van der Waals surface area (Å²) in [6.07, 6.45) is 0. The number of urea groups is 1. The van der Waals surface area contributed by atoms with E-state index in [-0.39, 0.29) is 38.7 Å². The van der Waals surface area contributed by atoms with Crippen LogP contribution in [0.5, 0.6) is 5.75 Å². The summed E-state index contributed by atoms with van der Waals surface area (Å²) in [5, 5.41) is 4.79. The second-order valence-corrected chi connectivity index (χ2v) is 7.76. The fraction of sp³-hybridized carbons (Fsp3) is 0.263. The molecule has 1 fully saturated rings. The molecule has 1 aliphatic rings. The summed E-state index contributed by atoms with van der Waals surface area (Å²) < 4.78 is 32.0.